The van der Waals surface area contributed by atoms with E-state index in [1.165, 1.54) is 56.9 Å². The number of hydrogen-bond acceptors (Lipinski definition) is 7. The Labute approximate surface area is 327 Å². The fourth-order valence-corrected chi connectivity index (χ4v) is 12.6. The summed E-state index contributed by atoms with van der Waals surface area (Å²) in [5.41, 5.74) is 3.92. The number of carbonyl (C=O) groups is 2. The third kappa shape index (κ3) is 7.75. The average Bonchev–Trinajstić information content (AvgIpc) is 3.75. The number of thioether (sulfide) groups is 1. The second kappa shape index (κ2) is 16.5. The number of allylic oxidation sites excluding steroid dienone is 1. The lowest BCUT2D eigenvalue weighted by molar-refractivity contribution is -0.152. The first kappa shape index (κ1) is 39.0. The van der Waals surface area contributed by atoms with E-state index in [0.29, 0.717) is 16.4 Å². The molecule has 0 saturated heterocycles. The lowest BCUT2D eigenvalue weighted by Gasteiger charge is -2.58. The van der Waals surface area contributed by atoms with E-state index in [-0.39, 0.29) is 35.4 Å². The largest absolute Gasteiger partial charge is 0.462 e. The van der Waals surface area contributed by atoms with Crippen LogP contribution in [0.15, 0.2) is 71.7 Å². The molecule has 1 aromatic carbocycles. The minimum atomic E-state index is -0.285. The maximum absolute atomic E-state index is 13.2. The maximum atomic E-state index is 13.2. The van der Waals surface area contributed by atoms with Crippen LogP contribution in [0.2, 0.25) is 0 Å². The zero-order valence-electron chi connectivity index (χ0n) is 33.5. The van der Waals surface area contributed by atoms with Gasteiger partial charge in [-0.1, -0.05) is 84.2 Å². The van der Waals surface area contributed by atoms with Crippen molar-refractivity contribution >= 4 is 22.8 Å². The molecule has 2 heterocycles. The van der Waals surface area contributed by atoms with Gasteiger partial charge in [0.1, 0.15) is 6.10 Å². The van der Waals surface area contributed by atoms with Gasteiger partial charge in [0.25, 0.3) is 0 Å². The van der Waals surface area contributed by atoms with Crippen molar-refractivity contribution in [1.29, 1.82) is 0 Å². The molecule has 0 amide bonds. The van der Waals surface area contributed by atoms with Gasteiger partial charge in [0.15, 0.2) is 10.9 Å². The first-order chi connectivity index (χ1) is 26.0. The highest BCUT2D eigenvalue weighted by Gasteiger charge is 2.59. The summed E-state index contributed by atoms with van der Waals surface area (Å²) in [6, 6.07) is 13.5. The van der Waals surface area contributed by atoms with Gasteiger partial charge in [-0.15, -0.1) is 10.2 Å². The molecule has 2 aromatic heterocycles. The first-order valence-corrected chi connectivity index (χ1v) is 21.8. The van der Waals surface area contributed by atoms with E-state index in [1.807, 2.05) is 47.0 Å². The summed E-state index contributed by atoms with van der Waals surface area (Å²) < 4.78 is 7.97. The van der Waals surface area contributed by atoms with Crippen LogP contribution in [0, 0.1) is 52.3 Å². The molecule has 4 aliphatic rings. The standard InChI is InChI=1S/C46H62N4O3S/c1-7-32(30(2)3)14-13-31(4)38-17-18-39-37-16-15-34-29-36(21-25-45(34,5)40(37)22-26-46(38,39)6)53-41(51)19-20-42(52)54-44-49-48-43(33-23-27-47-28-24-33)50(44)35-11-9-8-10-12-35/h8-12,15,23-24,27-28,30-32,36-40H,7,13-14,16-22,25-26,29H2,1-6H3/t31-,32-,36+,37+,38-,39+,40+,45+,46-/m1/s1. The number of pyridine rings is 1. The molecule has 3 aromatic rings. The highest BCUT2D eigenvalue weighted by Crippen LogP contribution is 2.67. The smallest absolute Gasteiger partial charge is 0.306 e. The molecule has 3 fully saturated rings. The van der Waals surface area contributed by atoms with Gasteiger partial charge < -0.3 is 4.74 Å². The van der Waals surface area contributed by atoms with E-state index in [0.717, 1.165) is 83.7 Å². The van der Waals surface area contributed by atoms with Crippen LogP contribution in [0.5, 0.6) is 0 Å². The number of hydrogen-bond donors (Lipinski definition) is 0. The van der Waals surface area contributed by atoms with Crippen LogP contribution in [0.3, 0.4) is 0 Å². The van der Waals surface area contributed by atoms with Crippen molar-refractivity contribution in [2.75, 3.05) is 0 Å². The van der Waals surface area contributed by atoms with Gasteiger partial charge in [0, 0.05) is 36.5 Å². The topological polar surface area (TPSA) is 87.0 Å². The van der Waals surface area contributed by atoms with Crippen LogP contribution in [-0.2, 0) is 14.3 Å². The Morgan fingerprint density at radius 2 is 1.70 bits per heavy atom. The van der Waals surface area contributed by atoms with Crippen LogP contribution in [0.4, 0.5) is 0 Å². The number of ether oxygens (including phenoxy) is 1. The summed E-state index contributed by atoms with van der Waals surface area (Å²) in [7, 11) is 0. The molecule has 0 unspecified atom stereocenters. The maximum Gasteiger partial charge on any atom is 0.306 e. The number of fused-ring (bicyclic) bond motifs is 5. The van der Waals surface area contributed by atoms with E-state index < -0.39 is 0 Å². The molecule has 4 aliphatic carbocycles. The molecule has 0 spiro atoms. The van der Waals surface area contributed by atoms with Crippen molar-refractivity contribution in [3.8, 4) is 17.1 Å². The number of benzene rings is 1. The molecule has 9 atom stereocenters. The van der Waals surface area contributed by atoms with Gasteiger partial charge in [0.2, 0.25) is 5.16 Å². The summed E-state index contributed by atoms with van der Waals surface area (Å²) >= 11 is 1.02. The van der Waals surface area contributed by atoms with E-state index in [2.05, 4.69) is 62.8 Å². The molecule has 54 heavy (non-hydrogen) atoms. The van der Waals surface area contributed by atoms with Crippen molar-refractivity contribution in [1.82, 2.24) is 19.7 Å². The minimum absolute atomic E-state index is 0.0659. The third-order valence-corrected chi connectivity index (χ3v) is 15.8. The number of rotatable bonds is 13. The van der Waals surface area contributed by atoms with Gasteiger partial charge in [-0.25, -0.2) is 0 Å². The number of para-hydroxylation sites is 1. The molecule has 3 saturated carbocycles. The van der Waals surface area contributed by atoms with Crippen LogP contribution < -0.4 is 0 Å². The van der Waals surface area contributed by atoms with Gasteiger partial charge in [-0.05, 0) is 140 Å². The second-order valence-corrected chi connectivity index (χ2v) is 19.0. The number of aromatic nitrogens is 4. The van der Waals surface area contributed by atoms with Crippen molar-refractivity contribution in [3.63, 3.8) is 0 Å². The average molecular weight is 751 g/mol. The van der Waals surface area contributed by atoms with E-state index >= 15 is 0 Å². The normalized spacial score (nSPS) is 30.1. The lowest BCUT2D eigenvalue weighted by atomic mass is 9.47. The Balaban J connectivity index is 0.932. The molecular weight excluding hydrogens is 689 g/mol. The van der Waals surface area contributed by atoms with E-state index in [4.69, 9.17) is 4.74 Å². The van der Waals surface area contributed by atoms with Crippen LogP contribution >= 0.6 is 11.8 Å². The summed E-state index contributed by atoms with van der Waals surface area (Å²) in [4.78, 5) is 30.5. The van der Waals surface area contributed by atoms with Crippen LogP contribution in [0.1, 0.15) is 125 Å². The zero-order valence-corrected chi connectivity index (χ0v) is 34.3. The molecule has 290 valence electrons. The fourth-order valence-electron chi connectivity index (χ4n) is 11.8. The molecular formula is C46H62N4O3S. The number of esters is 1. The van der Waals surface area contributed by atoms with E-state index in [9.17, 15) is 9.59 Å². The van der Waals surface area contributed by atoms with Gasteiger partial charge >= 0.3 is 5.97 Å². The lowest BCUT2D eigenvalue weighted by Crippen LogP contribution is -2.51. The summed E-state index contributed by atoms with van der Waals surface area (Å²) in [6.45, 7) is 15.0. The first-order valence-electron chi connectivity index (χ1n) is 21.0. The van der Waals surface area contributed by atoms with Crippen molar-refractivity contribution in [3.05, 3.63) is 66.5 Å². The summed E-state index contributed by atoms with van der Waals surface area (Å²) in [5, 5.41) is 9.12. The minimum Gasteiger partial charge on any atom is -0.462 e. The van der Waals surface area contributed by atoms with Crippen molar-refractivity contribution < 1.29 is 14.3 Å². The Bertz CT molecular complexity index is 1790. The Hall–Kier alpha value is -3.26. The second-order valence-electron chi connectivity index (χ2n) is 18.0. The summed E-state index contributed by atoms with van der Waals surface area (Å²) in [6.07, 6.45) is 19.6. The Morgan fingerprint density at radius 3 is 2.44 bits per heavy atom. The van der Waals surface area contributed by atoms with Gasteiger partial charge in [0.05, 0.1) is 6.42 Å². The zero-order chi connectivity index (χ0) is 38.0. The van der Waals surface area contributed by atoms with Crippen LogP contribution in [-0.4, -0.2) is 36.9 Å². The quantitative estimate of drug-likeness (QED) is 0.0976. The molecule has 0 radical (unpaired) electrons. The highest BCUT2D eigenvalue weighted by molar-refractivity contribution is 8.13. The van der Waals surface area contributed by atoms with E-state index in [1.54, 1.807) is 12.4 Å². The van der Waals surface area contributed by atoms with Crippen molar-refractivity contribution in [2.24, 2.45) is 52.3 Å². The van der Waals surface area contributed by atoms with Gasteiger partial charge in [-0.2, -0.15) is 0 Å². The predicted molar refractivity (Wildman–Crippen MR) is 217 cm³/mol. The number of carbonyl (C=O) groups excluding carboxylic acids is 2. The predicted octanol–water partition coefficient (Wildman–Crippen LogP) is 11.3. The molecule has 0 aliphatic heterocycles. The molecule has 0 N–H and O–H groups in total. The SMILES string of the molecule is CC[C@H](CC[C@@H](C)[C@H]1CC[C@H]2[C@@H]3CC=C4C[C@@H](OC(=O)CCC(=O)Sc5nnc(-c6ccncc6)n5-c5ccccc5)CC[C@]4(C)[C@H]3CC[C@]12C)C(C)C. The summed E-state index contributed by atoms with van der Waals surface area (Å²) in [5.74, 6) is 6.02. The number of nitrogens with zero attached hydrogens (tertiary/aromatic N) is 4. The Kier molecular flexibility index (Phi) is 11.9. The monoisotopic (exact) mass is 750 g/mol. The van der Waals surface area contributed by atoms with Crippen LogP contribution in [0.25, 0.3) is 17.1 Å². The highest BCUT2D eigenvalue weighted by atomic mass is 32.2. The molecule has 8 heteroatoms. The molecule has 7 nitrogen and oxygen atoms in total. The Morgan fingerprint density at radius 1 is 0.926 bits per heavy atom. The third-order valence-electron chi connectivity index (χ3n) is 14.9. The fraction of sp³-hybridized carbons (Fsp3) is 0.630. The van der Waals surface area contributed by atoms with Gasteiger partial charge in [-0.3, -0.25) is 19.1 Å². The van der Waals surface area contributed by atoms with Crippen molar-refractivity contribution in [2.45, 2.75) is 136 Å². The molecule has 7 rings (SSSR count). The molecule has 0 bridgehead atoms.